The van der Waals surface area contributed by atoms with Gasteiger partial charge in [0.15, 0.2) is 5.75 Å². The Kier molecular flexibility index (Phi) is 6.77. The summed E-state index contributed by atoms with van der Waals surface area (Å²) in [6.07, 6.45) is 5.55. The van der Waals surface area contributed by atoms with Crippen LogP contribution in [0.1, 0.15) is 30.1 Å². The summed E-state index contributed by atoms with van der Waals surface area (Å²) in [6, 6.07) is 8.13. The number of esters is 1. The van der Waals surface area contributed by atoms with Crippen molar-refractivity contribution in [3.05, 3.63) is 58.3 Å². The second-order valence-electron chi connectivity index (χ2n) is 7.74. The van der Waals surface area contributed by atoms with Gasteiger partial charge in [-0.3, -0.25) is 0 Å². The number of pyridine rings is 1. The minimum atomic E-state index is -0.516. The quantitative estimate of drug-likeness (QED) is 0.443. The van der Waals surface area contributed by atoms with Crippen molar-refractivity contribution in [1.82, 2.24) is 15.0 Å². The van der Waals surface area contributed by atoms with Crippen LogP contribution in [0.15, 0.2) is 42.7 Å². The zero-order valence-electron chi connectivity index (χ0n) is 17.7. The van der Waals surface area contributed by atoms with Crippen molar-refractivity contribution in [1.29, 1.82) is 0 Å². The van der Waals surface area contributed by atoms with Crippen LogP contribution in [0.4, 0.5) is 5.95 Å². The third-order valence-corrected chi connectivity index (χ3v) is 5.59. The first-order valence-electron chi connectivity index (χ1n) is 10.2. The van der Waals surface area contributed by atoms with E-state index >= 15 is 0 Å². The minimum Gasteiger partial charge on any atom is -0.465 e. The molecule has 9 heteroatoms. The summed E-state index contributed by atoms with van der Waals surface area (Å²) in [4.78, 5) is 27.8. The maximum atomic E-state index is 12.2. The lowest BCUT2D eigenvalue weighted by molar-refractivity contribution is 0.0600. The van der Waals surface area contributed by atoms with Gasteiger partial charge in [0.25, 0.3) is 0 Å². The summed E-state index contributed by atoms with van der Waals surface area (Å²) in [5.74, 6) is 1.38. The van der Waals surface area contributed by atoms with Crippen LogP contribution in [-0.4, -0.2) is 41.1 Å². The molecule has 0 amide bonds. The SMILES string of the molecule is COC(=O)c1cc(Oc2cnc(N3CCC[C@@H](C)C3)nc2)nc(-c2cc(Cl)cc(Cl)c2)c1. The second-order valence-corrected chi connectivity index (χ2v) is 8.62. The van der Waals surface area contributed by atoms with E-state index in [9.17, 15) is 4.79 Å². The average Bonchev–Trinajstić information content (AvgIpc) is 2.78. The molecular formula is C23H22Cl2N4O3. The lowest BCUT2D eigenvalue weighted by atomic mass is 10.0. The number of rotatable bonds is 5. The van der Waals surface area contributed by atoms with Crippen LogP contribution in [0.5, 0.6) is 11.6 Å². The number of carbonyl (C=O) groups excluding carboxylic acids is 1. The van der Waals surface area contributed by atoms with Gasteiger partial charge < -0.3 is 14.4 Å². The average molecular weight is 473 g/mol. The molecule has 1 aliphatic heterocycles. The van der Waals surface area contributed by atoms with Gasteiger partial charge >= 0.3 is 5.97 Å². The van der Waals surface area contributed by atoms with Gasteiger partial charge in [0.05, 0.1) is 30.8 Å². The summed E-state index contributed by atoms with van der Waals surface area (Å²) in [5, 5.41) is 0.910. The number of piperidine rings is 1. The number of halogens is 2. The first kappa shape index (κ1) is 22.3. The molecule has 0 spiro atoms. The predicted molar refractivity (Wildman–Crippen MR) is 124 cm³/mol. The fourth-order valence-corrected chi connectivity index (χ4v) is 4.19. The van der Waals surface area contributed by atoms with Gasteiger partial charge in [-0.2, -0.15) is 0 Å². The third kappa shape index (κ3) is 5.29. The topological polar surface area (TPSA) is 77.4 Å². The molecule has 3 aromatic rings. The van der Waals surface area contributed by atoms with Crippen molar-refractivity contribution >= 4 is 35.1 Å². The van der Waals surface area contributed by atoms with Gasteiger partial charge in [-0.25, -0.2) is 19.7 Å². The number of methoxy groups -OCH3 is 1. The smallest absolute Gasteiger partial charge is 0.338 e. The Morgan fingerprint density at radius 2 is 1.81 bits per heavy atom. The van der Waals surface area contributed by atoms with Crippen LogP contribution in [0.25, 0.3) is 11.3 Å². The number of hydrogen-bond donors (Lipinski definition) is 0. The Bertz CT molecular complexity index is 1100. The lowest BCUT2D eigenvalue weighted by Crippen LogP contribution is -2.35. The number of hydrogen-bond acceptors (Lipinski definition) is 7. The number of benzene rings is 1. The highest BCUT2D eigenvalue weighted by molar-refractivity contribution is 6.35. The molecule has 2 aromatic heterocycles. The Morgan fingerprint density at radius 1 is 1.09 bits per heavy atom. The van der Waals surface area contributed by atoms with Crippen molar-refractivity contribution in [3.63, 3.8) is 0 Å². The number of aromatic nitrogens is 3. The van der Waals surface area contributed by atoms with Gasteiger partial charge in [0.2, 0.25) is 11.8 Å². The molecule has 0 aliphatic carbocycles. The highest BCUT2D eigenvalue weighted by atomic mass is 35.5. The fraction of sp³-hybridized carbons (Fsp3) is 0.304. The normalized spacial score (nSPS) is 16.0. The zero-order valence-corrected chi connectivity index (χ0v) is 19.2. The van der Waals surface area contributed by atoms with E-state index in [1.807, 2.05) is 0 Å². The Balaban J connectivity index is 1.62. The number of carbonyl (C=O) groups is 1. The summed E-state index contributed by atoms with van der Waals surface area (Å²) in [6.45, 7) is 4.11. The van der Waals surface area contributed by atoms with E-state index in [0.29, 0.717) is 38.9 Å². The molecule has 1 aromatic carbocycles. The highest BCUT2D eigenvalue weighted by Crippen LogP contribution is 2.30. The highest BCUT2D eigenvalue weighted by Gasteiger charge is 2.19. The molecule has 1 fully saturated rings. The van der Waals surface area contributed by atoms with Crippen molar-refractivity contribution < 1.29 is 14.3 Å². The van der Waals surface area contributed by atoms with E-state index in [1.165, 1.54) is 19.6 Å². The van der Waals surface area contributed by atoms with Gasteiger partial charge in [-0.1, -0.05) is 30.1 Å². The first-order valence-corrected chi connectivity index (χ1v) is 11.0. The summed E-state index contributed by atoms with van der Waals surface area (Å²) in [7, 11) is 1.31. The molecule has 4 rings (SSSR count). The monoisotopic (exact) mass is 472 g/mol. The van der Waals surface area contributed by atoms with Crippen molar-refractivity contribution in [2.24, 2.45) is 5.92 Å². The Morgan fingerprint density at radius 3 is 2.47 bits per heavy atom. The standard InChI is InChI=1S/C23H22Cl2N4O3/c1-14-4-3-5-29(13-14)23-26-11-19(12-27-23)32-21-9-16(22(30)31-2)8-20(28-21)15-6-17(24)10-18(25)7-15/h6-12,14H,3-5,13H2,1-2H3/t14-/m1/s1. The van der Waals surface area contributed by atoms with E-state index in [-0.39, 0.29) is 11.4 Å². The minimum absolute atomic E-state index is 0.196. The third-order valence-electron chi connectivity index (χ3n) is 5.16. The van der Waals surface area contributed by atoms with Crippen molar-refractivity contribution in [3.8, 4) is 22.9 Å². The molecule has 7 nitrogen and oxygen atoms in total. The van der Waals surface area contributed by atoms with E-state index in [0.717, 1.165) is 19.5 Å². The van der Waals surface area contributed by atoms with Crippen molar-refractivity contribution in [2.45, 2.75) is 19.8 Å². The first-order chi connectivity index (χ1) is 15.4. The number of ether oxygens (including phenoxy) is 2. The molecule has 166 valence electrons. The van der Waals surface area contributed by atoms with Gasteiger partial charge in [0.1, 0.15) is 0 Å². The lowest BCUT2D eigenvalue weighted by Gasteiger charge is -2.30. The molecule has 1 saturated heterocycles. The zero-order chi connectivity index (χ0) is 22.7. The van der Waals surface area contributed by atoms with Crippen LogP contribution in [0, 0.1) is 5.92 Å². The molecule has 0 unspecified atom stereocenters. The molecular weight excluding hydrogens is 451 g/mol. The van der Waals surface area contributed by atoms with Gasteiger partial charge in [0, 0.05) is 34.8 Å². The molecule has 0 radical (unpaired) electrons. The largest absolute Gasteiger partial charge is 0.465 e. The van der Waals surface area contributed by atoms with Crippen LogP contribution in [0.3, 0.4) is 0 Å². The molecule has 1 aliphatic rings. The molecule has 3 heterocycles. The Labute approximate surface area is 196 Å². The van der Waals surface area contributed by atoms with Gasteiger partial charge in [-0.05, 0) is 43.0 Å². The van der Waals surface area contributed by atoms with E-state index in [4.69, 9.17) is 32.7 Å². The predicted octanol–water partition coefficient (Wildman–Crippen LogP) is 5.66. The van der Waals surface area contributed by atoms with E-state index in [2.05, 4.69) is 26.8 Å². The van der Waals surface area contributed by atoms with Crippen LogP contribution in [-0.2, 0) is 4.74 Å². The summed E-state index contributed by atoms with van der Waals surface area (Å²) >= 11 is 12.3. The summed E-state index contributed by atoms with van der Waals surface area (Å²) < 4.78 is 10.7. The fourth-order valence-electron chi connectivity index (χ4n) is 3.66. The molecule has 1 atom stereocenters. The summed E-state index contributed by atoms with van der Waals surface area (Å²) in [5.41, 5.74) is 1.39. The molecule has 0 bridgehead atoms. The molecule has 0 saturated carbocycles. The van der Waals surface area contributed by atoms with Crippen LogP contribution < -0.4 is 9.64 Å². The number of nitrogens with zero attached hydrogens (tertiary/aromatic N) is 4. The Hall–Kier alpha value is -2.90. The maximum absolute atomic E-state index is 12.2. The second kappa shape index (κ2) is 9.71. The molecule has 0 N–H and O–H groups in total. The van der Waals surface area contributed by atoms with Crippen LogP contribution in [0.2, 0.25) is 10.0 Å². The van der Waals surface area contributed by atoms with E-state index < -0.39 is 5.97 Å². The van der Waals surface area contributed by atoms with E-state index in [1.54, 1.807) is 36.7 Å². The maximum Gasteiger partial charge on any atom is 0.338 e. The van der Waals surface area contributed by atoms with Crippen molar-refractivity contribution in [2.75, 3.05) is 25.1 Å². The van der Waals surface area contributed by atoms with Gasteiger partial charge in [-0.15, -0.1) is 0 Å². The molecule has 32 heavy (non-hydrogen) atoms. The number of anilines is 1. The van der Waals surface area contributed by atoms with Crippen LogP contribution >= 0.6 is 23.2 Å².